The summed E-state index contributed by atoms with van der Waals surface area (Å²) >= 11 is 5.97. The molecule has 1 aromatic rings. The van der Waals surface area contributed by atoms with Gasteiger partial charge in [0.15, 0.2) is 5.11 Å². The van der Waals surface area contributed by atoms with Crippen LogP contribution in [0.25, 0.3) is 0 Å². The van der Waals surface area contributed by atoms with Gasteiger partial charge in [0.2, 0.25) is 0 Å². The number of aryl methyl sites for hydroxylation is 1. The number of hydrogen-bond acceptors (Lipinski definition) is 3. The van der Waals surface area contributed by atoms with Gasteiger partial charge in [-0.05, 0) is 30.3 Å². The van der Waals surface area contributed by atoms with Crippen molar-refractivity contribution in [3.8, 4) is 0 Å². The van der Waals surface area contributed by atoms with Crippen LogP contribution in [0.3, 0.4) is 0 Å². The Balaban J connectivity index is 2.20. The van der Waals surface area contributed by atoms with Crippen molar-refractivity contribution in [1.29, 1.82) is 0 Å². The predicted molar refractivity (Wildman–Crippen MR) is 67.9 cm³/mol. The highest BCUT2D eigenvalue weighted by Crippen LogP contribution is 2.33. The molecular formula is C10H10FN3S2. The number of thiocarbonyl (C=S) groups is 1. The fraction of sp³-hybridized carbons (Fsp3) is 0.200. The normalized spacial score (nSPS) is 16.9. The molecule has 0 unspecified atom stereocenters. The lowest BCUT2D eigenvalue weighted by molar-refractivity contribution is 0.596. The summed E-state index contributed by atoms with van der Waals surface area (Å²) in [5.41, 5.74) is 8.81. The van der Waals surface area contributed by atoms with Crippen LogP contribution < -0.4 is 11.2 Å². The third-order valence-electron chi connectivity index (χ3n) is 2.17. The molecule has 0 aliphatic carbocycles. The SMILES string of the molecule is NC(=S)NN=C1CCc2cccc(F)c2S1. The average molecular weight is 255 g/mol. The molecule has 0 atom stereocenters. The number of thioether (sulfide) groups is 1. The maximum atomic E-state index is 13.5. The summed E-state index contributed by atoms with van der Waals surface area (Å²) in [6, 6.07) is 5.11. The van der Waals surface area contributed by atoms with Crippen molar-refractivity contribution in [2.24, 2.45) is 10.8 Å². The second kappa shape index (κ2) is 4.80. The van der Waals surface area contributed by atoms with E-state index in [2.05, 4.69) is 22.7 Å². The highest BCUT2D eigenvalue weighted by atomic mass is 32.2. The summed E-state index contributed by atoms with van der Waals surface area (Å²) in [7, 11) is 0. The molecule has 6 heteroatoms. The summed E-state index contributed by atoms with van der Waals surface area (Å²) < 4.78 is 13.5. The molecule has 1 aliphatic heterocycles. The highest BCUT2D eigenvalue weighted by Gasteiger charge is 2.18. The summed E-state index contributed by atoms with van der Waals surface area (Å²) in [4.78, 5) is 0.650. The summed E-state index contributed by atoms with van der Waals surface area (Å²) in [5.74, 6) is -0.203. The molecule has 3 nitrogen and oxygen atoms in total. The van der Waals surface area contributed by atoms with Crippen molar-refractivity contribution in [2.45, 2.75) is 17.7 Å². The molecule has 1 aliphatic rings. The van der Waals surface area contributed by atoms with E-state index in [1.165, 1.54) is 17.8 Å². The van der Waals surface area contributed by atoms with Crippen molar-refractivity contribution < 1.29 is 4.39 Å². The fourth-order valence-electron chi connectivity index (χ4n) is 1.47. The summed E-state index contributed by atoms with van der Waals surface area (Å²) in [6.07, 6.45) is 1.56. The molecule has 1 aromatic carbocycles. The molecule has 0 aromatic heterocycles. The Bertz CT molecular complexity index is 459. The lowest BCUT2D eigenvalue weighted by atomic mass is 10.1. The Kier molecular flexibility index (Phi) is 3.40. The van der Waals surface area contributed by atoms with E-state index in [-0.39, 0.29) is 10.9 Å². The van der Waals surface area contributed by atoms with Gasteiger partial charge in [-0.15, -0.1) is 0 Å². The van der Waals surface area contributed by atoms with Crippen LogP contribution >= 0.6 is 24.0 Å². The van der Waals surface area contributed by atoms with Crippen LogP contribution in [0.2, 0.25) is 0 Å². The molecule has 3 N–H and O–H groups in total. The monoisotopic (exact) mass is 255 g/mol. The lowest BCUT2D eigenvalue weighted by Crippen LogP contribution is -2.25. The quantitative estimate of drug-likeness (QED) is 0.595. The second-order valence-electron chi connectivity index (χ2n) is 3.31. The molecular weight excluding hydrogens is 245 g/mol. The molecule has 0 radical (unpaired) electrons. The minimum absolute atomic E-state index is 0.118. The largest absolute Gasteiger partial charge is 0.375 e. The first-order valence-electron chi connectivity index (χ1n) is 4.74. The molecule has 0 bridgehead atoms. The van der Waals surface area contributed by atoms with Crippen LogP contribution in [0.4, 0.5) is 4.39 Å². The Morgan fingerprint density at radius 3 is 3.06 bits per heavy atom. The van der Waals surface area contributed by atoms with E-state index in [4.69, 9.17) is 5.73 Å². The maximum absolute atomic E-state index is 13.5. The summed E-state index contributed by atoms with van der Waals surface area (Å²) in [6.45, 7) is 0. The van der Waals surface area contributed by atoms with Crippen LogP contribution in [0.5, 0.6) is 0 Å². The van der Waals surface area contributed by atoms with E-state index >= 15 is 0 Å². The van der Waals surface area contributed by atoms with Gasteiger partial charge in [0.25, 0.3) is 0 Å². The van der Waals surface area contributed by atoms with Crippen LogP contribution in [-0.4, -0.2) is 10.2 Å². The zero-order chi connectivity index (χ0) is 11.5. The number of nitrogens with two attached hydrogens (primary N) is 1. The first-order chi connectivity index (χ1) is 7.66. The average Bonchev–Trinajstić information content (AvgIpc) is 2.27. The predicted octanol–water partition coefficient (Wildman–Crippen LogP) is 2.01. The third-order valence-corrected chi connectivity index (χ3v) is 3.45. The van der Waals surface area contributed by atoms with Crippen molar-refractivity contribution in [1.82, 2.24) is 5.43 Å². The van der Waals surface area contributed by atoms with E-state index in [9.17, 15) is 4.39 Å². The third kappa shape index (κ3) is 2.51. The van der Waals surface area contributed by atoms with E-state index in [1.54, 1.807) is 6.07 Å². The van der Waals surface area contributed by atoms with E-state index in [1.807, 2.05) is 6.07 Å². The first-order valence-corrected chi connectivity index (χ1v) is 5.96. The Labute approximate surface area is 102 Å². The summed E-state index contributed by atoms with van der Waals surface area (Å²) in [5, 5.41) is 4.93. The van der Waals surface area contributed by atoms with Crippen molar-refractivity contribution in [3.05, 3.63) is 29.6 Å². The van der Waals surface area contributed by atoms with Crippen molar-refractivity contribution >= 4 is 34.1 Å². The molecule has 16 heavy (non-hydrogen) atoms. The number of benzene rings is 1. The minimum Gasteiger partial charge on any atom is -0.375 e. The van der Waals surface area contributed by atoms with E-state index in [0.29, 0.717) is 4.90 Å². The zero-order valence-corrected chi connectivity index (χ0v) is 10.00. The van der Waals surface area contributed by atoms with Gasteiger partial charge < -0.3 is 5.73 Å². The Morgan fingerprint density at radius 2 is 2.31 bits per heavy atom. The van der Waals surface area contributed by atoms with E-state index < -0.39 is 0 Å². The van der Waals surface area contributed by atoms with Crippen LogP contribution in [-0.2, 0) is 6.42 Å². The number of halogens is 1. The number of fused-ring (bicyclic) bond motifs is 1. The smallest absolute Gasteiger partial charge is 0.184 e. The maximum Gasteiger partial charge on any atom is 0.184 e. The van der Waals surface area contributed by atoms with Gasteiger partial charge in [0.1, 0.15) is 5.82 Å². The standard InChI is InChI=1S/C10H10FN3S2/c11-7-3-1-2-6-4-5-8(16-9(6)7)13-14-10(12)15/h1-3H,4-5H2,(H3,12,14,15). The van der Waals surface area contributed by atoms with Crippen LogP contribution in [0.1, 0.15) is 12.0 Å². The van der Waals surface area contributed by atoms with Gasteiger partial charge in [0, 0.05) is 6.42 Å². The number of nitrogens with one attached hydrogen (secondary N) is 1. The minimum atomic E-state index is -0.203. The number of hydrazone groups is 1. The molecule has 0 saturated heterocycles. The highest BCUT2D eigenvalue weighted by molar-refractivity contribution is 8.14. The lowest BCUT2D eigenvalue weighted by Gasteiger charge is -2.17. The molecule has 2 rings (SSSR count). The molecule has 0 amide bonds. The molecule has 0 fully saturated rings. The zero-order valence-electron chi connectivity index (χ0n) is 8.37. The number of hydrogen-bond donors (Lipinski definition) is 2. The van der Waals surface area contributed by atoms with Gasteiger partial charge in [-0.3, -0.25) is 5.43 Å². The van der Waals surface area contributed by atoms with Crippen molar-refractivity contribution in [3.63, 3.8) is 0 Å². The van der Waals surface area contributed by atoms with Gasteiger partial charge in [0.05, 0.1) is 9.94 Å². The first kappa shape index (κ1) is 11.3. The second-order valence-corrected chi connectivity index (χ2v) is 4.84. The van der Waals surface area contributed by atoms with Gasteiger partial charge in [-0.25, -0.2) is 4.39 Å². The molecule has 1 heterocycles. The molecule has 0 saturated carbocycles. The van der Waals surface area contributed by atoms with Crippen LogP contribution in [0.15, 0.2) is 28.2 Å². The van der Waals surface area contributed by atoms with Gasteiger partial charge >= 0.3 is 0 Å². The van der Waals surface area contributed by atoms with Gasteiger partial charge in [-0.1, -0.05) is 23.9 Å². The Morgan fingerprint density at radius 1 is 1.50 bits per heavy atom. The van der Waals surface area contributed by atoms with E-state index in [0.717, 1.165) is 23.4 Å². The Hall–Kier alpha value is -1.14. The fourth-order valence-corrected chi connectivity index (χ4v) is 2.51. The molecule has 84 valence electrons. The van der Waals surface area contributed by atoms with Gasteiger partial charge in [-0.2, -0.15) is 5.10 Å². The number of nitrogens with zero attached hydrogens (tertiary/aromatic N) is 1. The number of rotatable bonds is 1. The van der Waals surface area contributed by atoms with Crippen LogP contribution in [0, 0.1) is 5.82 Å². The van der Waals surface area contributed by atoms with Crippen molar-refractivity contribution in [2.75, 3.05) is 0 Å². The topological polar surface area (TPSA) is 50.4 Å². The molecule has 0 spiro atoms.